The zero-order chi connectivity index (χ0) is 14.5. The van der Waals surface area contributed by atoms with E-state index in [4.69, 9.17) is 5.73 Å². The van der Waals surface area contributed by atoms with Crippen LogP contribution in [0.25, 0.3) is 0 Å². The lowest BCUT2D eigenvalue weighted by atomic mass is 10.0. The topological polar surface area (TPSA) is 32.5 Å². The molecule has 3 nitrogen and oxygen atoms in total. The average molecular weight is 275 g/mol. The Hall–Kier alpha value is -1.06. The highest BCUT2D eigenvalue weighted by Gasteiger charge is 2.20. The minimum Gasteiger partial charge on any atom is -0.369 e. The summed E-state index contributed by atoms with van der Waals surface area (Å²) < 4.78 is 0. The van der Waals surface area contributed by atoms with Gasteiger partial charge < -0.3 is 10.6 Å². The molecule has 20 heavy (non-hydrogen) atoms. The Bertz CT molecular complexity index is 408. The van der Waals surface area contributed by atoms with Crippen LogP contribution in [0.1, 0.15) is 32.8 Å². The fraction of sp³-hybridized carbons (Fsp3) is 0.647. The molecule has 0 aliphatic carbocycles. The van der Waals surface area contributed by atoms with E-state index >= 15 is 0 Å². The molecule has 0 aromatic heterocycles. The summed E-state index contributed by atoms with van der Waals surface area (Å²) in [5, 5.41) is 0. The minimum atomic E-state index is 0.271. The number of nitrogens with two attached hydrogens (primary N) is 1. The van der Waals surface area contributed by atoms with E-state index in [0.29, 0.717) is 6.04 Å². The van der Waals surface area contributed by atoms with Crippen LogP contribution in [0.2, 0.25) is 0 Å². The third-order valence-electron chi connectivity index (χ3n) is 4.38. The van der Waals surface area contributed by atoms with Gasteiger partial charge in [-0.25, -0.2) is 0 Å². The normalized spacial score (nSPS) is 18.6. The molecule has 1 heterocycles. The Balaban J connectivity index is 2.06. The quantitative estimate of drug-likeness (QED) is 0.896. The second-order valence-corrected chi connectivity index (χ2v) is 6.12. The molecule has 1 aromatic rings. The Morgan fingerprint density at radius 2 is 1.75 bits per heavy atom. The molecule has 0 bridgehead atoms. The number of benzene rings is 1. The van der Waals surface area contributed by atoms with E-state index in [-0.39, 0.29) is 6.04 Å². The van der Waals surface area contributed by atoms with E-state index in [2.05, 4.69) is 54.8 Å². The van der Waals surface area contributed by atoms with Crippen molar-refractivity contribution in [3.8, 4) is 0 Å². The molecule has 2 rings (SSSR count). The van der Waals surface area contributed by atoms with Gasteiger partial charge >= 0.3 is 0 Å². The molecule has 2 N–H and O–H groups in total. The van der Waals surface area contributed by atoms with Crippen LogP contribution in [0.4, 0.5) is 5.69 Å². The molecular formula is C17H29N3. The number of para-hydroxylation sites is 1. The molecule has 112 valence electrons. The molecule has 3 heteroatoms. The molecule has 1 aromatic carbocycles. The first-order chi connectivity index (χ1) is 9.61. The second-order valence-electron chi connectivity index (χ2n) is 6.12. The van der Waals surface area contributed by atoms with Gasteiger partial charge in [-0.05, 0) is 38.3 Å². The molecule has 1 atom stereocenters. The monoisotopic (exact) mass is 275 g/mol. The second kappa shape index (κ2) is 7.09. The van der Waals surface area contributed by atoms with Crippen molar-refractivity contribution >= 4 is 5.69 Å². The van der Waals surface area contributed by atoms with E-state index in [1.807, 2.05) is 0 Å². The summed E-state index contributed by atoms with van der Waals surface area (Å²) in [7, 11) is 0. The maximum atomic E-state index is 6.14. The van der Waals surface area contributed by atoms with Crippen molar-refractivity contribution in [1.29, 1.82) is 0 Å². The fourth-order valence-corrected chi connectivity index (χ4v) is 2.90. The zero-order valence-electron chi connectivity index (χ0n) is 13.2. The SMILES string of the molecule is CCC(N)Cc1ccccc1N1CCN(C(C)C)CC1. The van der Waals surface area contributed by atoms with Crippen LogP contribution < -0.4 is 10.6 Å². The first-order valence-electron chi connectivity index (χ1n) is 7.94. The number of piperazine rings is 1. The maximum Gasteiger partial charge on any atom is 0.0400 e. The molecule has 0 saturated carbocycles. The summed E-state index contributed by atoms with van der Waals surface area (Å²) >= 11 is 0. The number of nitrogens with zero attached hydrogens (tertiary/aromatic N) is 2. The third-order valence-corrected chi connectivity index (χ3v) is 4.38. The lowest BCUT2D eigenvalue weighted by Crippen LogP contribution is -2.49. The molecule has 0 spiro atoms. The Labute approximate surface area is 123 Å². The van der Waals surface area contributed by atoms with Crippen molar-refractivity contribution in [2.45, 2.75) is 45.7 Å². The van der Waals surface area contributed by atoms with E-state index in [1.165, 1.54) is 11.3 Å². The lowest BCUT2D eigenvalue weighted by Gasteiger charge is -2.39. The highest BCUT2D eigenvalue weighted by atomic mass is 15.3. The summed E-state index contributed by atoms with van der Waals surface area (Å²) in [4.78, 5) is 5.08. The van der Waals surface area contributed by atoms with E-state index in [9.17, 15) is 0 Å². The number of hydrogen-bond donors (Lipinski definition) is 1. The number of anilines is 1. The van der Waals surface area contributed by atoms with Crippen LogP contribution in [0, 0.1) is 0 Å². The summed E-state index contributed by atoms with van der Waals surface area (Å²) in [6, 6.07) is 9.69. The molecule has 1 fully saturated rings. The molecular weight excluding hydrogens is 246 g/mol. The van der Waals surface area contributed by atoms with Gasteiger partial charge in [0, 0.05) is 44.0 Å². The van der Waals surface area contributed by atoms with Crippen LogP contribution >= 0.6 is 0 Å². The van der Waals surface area contributed by atoms with Crippen molar-refractivity contribution in [1.82, 2.24) is 4.90 Å². The van der Waals surface area contributed by atoms with Gasteiger partial charge in [-0.2, -0.15) is 0 Å². The highest BCUT2D eigenvalue weighted by Crippen LogP contribution is 2.23. The van der Waals surface area contributed by atoms with Crippen LogP contribution in [0.3, 0.4) is 0 Å². The average Bonchev–Trinajstić information content (AvgIpc) is 2.48. The van der Waals surface area contributed by atoms with Gasteiger partial charge in [-0.15, -0.1) is 0 Å². The smallest absolute Gasteiger partial charge is 0.0400 e. The van der Waals surface area contributed by atoms with E-state index in [0.717, 1.165) is 39.0 Å². The minimum absolute atomic E-state index is 0.271. The van der Waals surface area contributed by atoms with Gasteiger partial charge in [-0.1, -0.05) is 25.1 Å². The predicted molar refractivity (Wildman–Crippen MR) is 87.3 cm³/mol. The van der Waals surface area contributed by atoms with E-state index < -0.39 is 0 Å². The fourth-order valence-electron chi connectivity index (χ4n) is 2.90. The van der Waals surface area contributed by atoms with Crippen molar-refractivity contribution in [3.63, 3.8) is 0 Å². The number of rotatable bonds is 5. The molecule has 0 radical (unpaired) electrons. The van der Waals surface area contributed by atoms with Crippen molar-refractivity contribution < 1.29 is 0 Å². The van der Waals surface area contributed by atoms with Crippen molar-refractivity contribution in [2.75, 3.05) is 31.1 Å². The summed E-state index contributed by atoms with van der Waals surface area (Å²) in [5.74, 6) is 0. The van der Waals surface area contributed by atoms with E-state index in [1.54, 1.807) is 0 Å². The van der Waals surface area contributed by atoms with Gasteiger partial charge in [0.2, 0.25) is 0 Å². The Kier molecular flexibility index (Phi) is 5.44. The molecule has 1 unspecified atom stereocenters. The summed E-state index contributed by atoms with van der Waals surface area (Å²) in [5.41, 5.74) is 8.93. The first kappa shape index (κ1) is 15.3. The molecule has 0 amide bonds. The van der Waals surface area contributed by atoms with Crippen LogP contribution in [-0.2, 0) is 6.42 Å². The first-order valence-corrected chi connectivity index (χ1v) is 7.94. The van der Waals surface area contributed by atoms with Gasteiger partial charge in [0.1, 0.15) is 0 Å². The number of hydrogen-bond acceptors (Lipinski definition) is 3. The zero-order valence-corrected chi connectivity index (χ0v) is 13.2. The van der Waals surface area contributed by atoms with Gasteiger partial charge in [0.15, 0.2) is 0 Å². The van der Waals surface area contributed by atoms with Crippen LogP contribution in [0.5, 0.6) is 0 Å². The van der Waals surface area contributed by atoms with Gasteiger partial charge in [0.05, 0.1) is 0 Å². The van der Waals surface area contributed by atoms with Crippen molar-refractivity contribution in [2.24, 2.45) is 5.73 Å². The molecule has 1 aliphatic heterocycles. The largest absolute Gasteiger partial charge is 0.369 e. The lowest BCUT2D eigenvalue weighted by molar-refractivity contribution is 0.209. The molecule has 1 aliphatic rings. The summed E-state index contributed by atoms with van der Waals surface area (Å²) in [6.07, 6.45) is 2.02. The van der Waals surface area contributed by atoms with Crippen molar-refractivity contribution in [3.05, 3.63) is 29.8 Å². The Morgan fingerprint density at radius 1 is 1.10 bits per heavy atom. The standard InChI is InChI=1S/C17H29N3/c1-4-16(18)13-15-7-5-6-8-17(15)20-11-9-19(10-12-20)14(2)3/h5-8,14,16H,4,9-13,18H2,1-3H3. The summed E-state index contributed by atoms with van der Waals surface area (Å²) in [6.45, 7) is 11.3. The van der Waals surface area contributed by atoms with Gasteiger partial charge in [-0.3, -0.25) is 4.90 Å². The Morgan fingerprint density at radius 3 is 2.35 bits per heavy atom. The third kappa shape index (κ3) is 3.74. The van der Waals surface area contributed by atoms with Gasteiger partial charge in [0.25, 0.3) is 0 Å². The van der Waals surface area contributed by atoms with Crippen LogP contribution in [-0.4, -0.2) is 43.2 Å². The maximum absolute atomic E-state index is 6.14. The molecule has 1 saturated heterocycles. The van der Waals surface area contributed by atoms with Crippen LogP contribution in [0.15, 0.2) is 24.3 Å². The predicted octanol–water partition coefficient (Wildman–Crippen LogP) is 2.50. The highest BCUT2D eigenvalue weighted by molar-refractivity contribution is 5.54.